The molecule has 0 aliphatic carbocycles. The van der Waals surface area contributed by atoms with Crippen molar-refractivity contribution in [3.8, 4) is 0 Å². The third-order valence-electron chi connectivity index (χ3n) is 0. The summed E-state index contributed by atoms with van der Waals surface area (Å²) in [5.41, 5.74) is 0. The number of hydrogen-bond acceptors (Lipinski definition) is 0. The topological polar surface area (TPSA) is 0 Å². The average Bonchev–Trinajstić information content (AvgIpc) is 0. The number of hydrogen-bond donors (Lipinski definition) is 0. The molecule has 0 aromatic carbocycles. The molecule has 0 aromatic heterocycles. The summed E-state index contributed by atoms with van der Waals surface area (Å²) < 4.78 is 0. The van der Waals surface area contributed by atoms with Gasteiger partial charge in [0.05, 0.1) is 0 Å². The van der Waals surface area contributed by atoms with Crippen molar-refractivity contribution in [3.63, 3.8) is 0 Å². The molecule has 0 amide bonds. The predicted molar refractivity (Wildman–Crippen MR) is 166 cm³/mol. The second-order valence-corrected chi connectivity index (χ2v) is 0. The van der Waals surface area contributed by atoms with Crippen LogP contribution in [-0.2, 0) is 0 Å². The Labute approximate surface area is 538 Å². The van der Waals surface area contributed by atoms with Crippen molar-refractivity contribution in [3.05, 3.63) is 0 Å². The van der Waals surface area contributed by atoms with Gasteiger partial charge in [0.1, 0.15) is 0 Å². The maximum atomic E-state index is 0. The van der Waals surface area contributed by atoms with E-state index >= 15 is 0 Å². The zero-order valence-corrected chi connectivity index (χ0v) is 19.6. The summed E-state index contributed by atoms with van der Waals surface area (Å²) in [5.74, 6) is 0. The quantitative estimate of drug-likeness (QED) is 0.329. The van der Waals surface area contributed by atoms with Gasteiger partial charge in [-0.15, -0.1) is 199 Å². The zero-order chi connectivity index (χ0) is 0. The van der Waals surface area contributed by atoms with Crippen LogP contribution in [-0.4, -0.2) is 360 Å². The van der Waals surface area contributed by atoms with Gasteiger partial charge in [-0.05, 0) is 0 Å². The van der Waals surface area contributed by atoms with Crippen molar-refractivity contribution in [1.82, 2.24) is 0 Å². The van der Waals surface area contributed by atoms with Crippen LogP contribution in [0.3, 0.4) is 0 Å². The fourth-order valence-corrected chi connectivity index (χ4v) is 0. The van der Waals surface area contributed by atoms with Crippen molar-refractivity contribution in [2.75, 3.05) is 0 Å². The molecule has 142 valence electrons. The Balaban J connectivity index is 0. The molecule has 0 bridgehead atoms. The summed E-state index contributed by atoms with van der Waals surface area (Å²) in [7, 11) is 0. The van der Waals surface area contributed by atoms with E-state index in [0.29, 0.717) is 0 Å². The first kappa shape index (κ1) is 219. The first-order valence-corrected chi connectivity index (χ1v) is 0. The Hall–Kier alpha value is 16.1. The summed E-state index contributed by atoms with van der Waals surface area (Å²) >= 11 is 0. The van der Waals surface area contributed by atoms with Crippen molar-refractivity contribution in [1.29, 1.82) is 0 Å². The van der Waals surface area contributed by atoms with Crippen LogP contribution >= 0.6 is 199 Å². The van der Waals surface area contributed by atoms with Crippen LogP contribution in [0.1, 0.15) is 0 Å². The van der Waals surface area contributed by atoms with Crippen LogP contribution in [0.5, 0.6) is 0 Å². The number of rotatable bonds is 0. The second-order valence-electron chi connectivity index (χ2n) is 0. The van der Waals surface area contributed by atoms with Gasteiger partial charge in [-0.3, -0.25) is 0 Å². The van der Waals surface area contributed by atoms with Crippen LogP contribution < -0.4 is 0 Å². The molecular weight excluding hydrogens is 841 g/mol. The van der Waals surface area contributed by atoms with Crippen LogP contribution in [0.4, 0.5) is 0 Å². The summed E-state index contributed by atoms with van der Waals surface area (Å²) in [6.45, 7) is 0. The van der Waals surface area contributed by atoms with Crippen molar-refractivity contribution in [2.45, 2.75) is 0 Å². The second kappa shape index (κ2) is 202. The minimum atomic E-state index is 0. The monoisotopic (exact) mass is 855 g/mol. The van der Waals surface area contributed by atoms with Crippen LogP contribution in [0.2, 0.25) is 0 Å². The Morgan fingerprint density at radius 2 is 0.0870 bits per heavy atom. The van der Waals surface area contributed by atoms with E-state index in [0.717, 1.165) is 0 Å². The molecule has 23 heteroatoms. The van der Waals surface area contributed by atoms with E-state index in [2.05, 4.69) is 0 Å². The van der Waals surface area contributed by atoms with Crippen molar-refractivity contribution < 1.29 is 0 Å². The molecule has 0 heterocycles. The molecule has 0 aliphatic rings. The van der Waals surface area contributed by atoms with E-state index in [1.54, 1.807) is 0 Å². The molecule has 0 aromatic rings. The zero-order valence-electron chi connectivity index (χ0n) is 6.53. The molecule has 0 saturated carbocycles. The standard InChI is InChI=1S/16ClH.7K.7H/h16*1H;;;;;;;;;;;;;;. The number of halogens is 16. The average molecular weight is 864 g/mol. The SMILES string of the molecule is Cl.Cl.Cl.Cl.Cl.Cl.Cl.Cl.Cl.Cl.Cl.Cl.Cl.Cl.Cl.Cl.[KH].[KH].[KH].[KH].[KH].[KH].[KH]. The van der Waals surface area contributed by atoms with E-state index in [9.17, 15) is 0 Å². The minimum absolute atomic E-state index is 0. The first-order chi connectivity index (χ1) is 0. The van der Waals surface area contributed by atoms with Crippen LogP contribution in [0.15, 0.2) is 0 Å². The molecule has 0 atom stereocenters. The van der Waals surface area contributed by atoms with Gasteiger partial charge in [-0.2, -0.15) is 0 Å². The van der Waals surface area contributed by atoms with E-state index in [-0.39, 0.29) is 558 Å². The molecule has 0 aliphatic heterocycles. The summed E-state index contributed by atoms with van der Waals surface area (Å²) in [5, 5.41) is 0. The first-order valence-electron chi connectivity index (χ1n) is 0. The van der Waals surface area contributed by atoms with Gasteiger partial charge in [0.2, 0.25) is 0 Å². The Morgan fingerprint density at radius 3 is 0.0870 bits per heavy atom. The van der Waals surface area contributed by atoms with Gasteiger partial charge < -0.3 is 0 Å². The van der Waals surface area contributed by atoms with Gasteiger partial charge in [0, 0.05) is 0 Å². The van der Waals surface area contributed by atoms with Gasteiger partial charge in [-0.1, -0.05) is 0 Å². The summed E-state index contributed by atoms with van der Waals surface area (Å²) in [6, 6.07) is 0. The summed E-state index contributed by atoms with van der Waals surface area (Å²) in [6.07, 6.45) is 0. The normalized spacial score (nSPS) is 0. The Morgan fingerprint density at radius 1 is 0.0870 bits per heavy atom. The van der Waals surface area contributed by atoms with E-state index in [1.165, 1.54) is 0 Å². The van der Waals surface area contributed by atoms with Crippen molar-refractivity contribution >= 4 is 558 Å². The summed E-state index contributed by atoms with van der Waals surface area (Å²) in [4.78, 5) is 0. The molecular formula is H23Cl16K7. The van der Waals surface area contributed by atoms with Crippen LogP contribution in [0, 0.1) is 0 Å². The fraction of sp³-hybridized carbons (Fsp3) is 0. The molecule has 0 fully saturated rings. The van der Waals surface area contributed by atoms with Gasteiger partial charge in [-0.25, -0.2) is 0 Å². The third-order valence-corrected chi connectivity index (χ3v) is 0. The molecule has 0 rings (SSSR count). The Bertz CT molecular complexity index is 20.4. The van der Waals surface area contributed by atoms with Crippen molar-refractivity contribution in [2.24, 2.45) is 0 Å². The molecule has 0 nitrogen and oxygen atoms in total. The molecule has 0 radical (unpaired) electrons. The van der Waals surface area contributed by atoms with Gasteiger partial charge in [0.15, 0.2) is 0 Å². The molecule has 0 saturated heterocycles. The van der Waals surface area contributed by atoms with Crippen LogP contribution in [0.25, 0.3) is 0 Å². The predicted octanol–water partition coefficient (Wildman–Crippen LogP) is 2.21. The maximum absolute atomic E-state index is 0. The van der Waals surface area contributed by atoms with E-state index in [4.69, 9.17) is 0 Å². The fourth-order valence-electron chi connectivity index (χ4n) is 0. The molecule has 0 unspecified atom stereocenters. The van der Waals surface area contributed by atoms with E-state index < -0.39 is 0 Å². The third kappa shape index (κ3) is 192. The molecule has 0 N–H and O–H groups in total. The van der Waals surface area contributed by atoms with Gasteiger partial charge >= 0.3 is 360 Å². The molecule has 0 spiro atoms. The Kier molecular flexibility index (Phi) is 1930. The van der Waals surface area contributed by atoms with Gasteiger partial charge in [0.25, 0.3) is 0 Å². The molecule has 23 heavy (non-hydrogen) atoms. The van der Waals surface area contributed by atoms with E-state index in [1.807, 2.05) is 0 Å².